The van der Waals surface area contributed by atoms with Gasteiger partial charge in [0.05, 0.1) is 24.1 Å². The van der Waals surface area contributed by atoms with Gasteiger partial charge in [-0.3, -0.25) is 9.59 Å². The van der Waals surface area contributed by atoms with Gasteiger partial charge in [-0.25, -0.2) is 4.98 Å². The molecule has 5 heteroatoms. The van der Waals surface area contributed by atoms with E-state index in [0.717, 1.165) is 5.56 Å². The van der Waals surface area contributed by atoms with Gasteiger partial charge in [0.15, 0.2) is 0 Å². The molecule has 2 aromatic rings. The largest absolute Gasteiger partial charge is 0.466 e. The lowest BCUT2D eigenvalue weighted by molar-refractivity contribution is -0.142. The maximum atomic E-state index is 11.7. The number of rotatable bonds is 3. The highest BCUT2D eigenvalue weighted by atomic mass is 16.5. The fraction of sp³-hybridized carbons (Fsp3) is 0.308. The molecule has 0 atom stereocenters. The summed E-state index contributed by atoms with van der Waals surface area (Å²) in [6, 6.07) is 5.55. The first kappa shape index (κ1) is 12.3. The molecule has 1 heterocycles. The molecule has 0 fully saturated rings. The number of nitrogens with zero attached hydrogens (tertiary/aromatic N) is 1. The summed E-state index contributed by atoms with van der Waals surface area (Å²) in [5.74, 6) is -0.442. The van der Waals surface area contributed by atoms with Gasteiger partial charge in [-0.2, -0.15) is 0 Å². The molecule has 94 valence electrons. The SMILES string of the molecule is CCOC(=O)Cc1nc2cc(C)ccc2[nH]c1=O. The van der Waals surface area contributed by atoms with E-state index in [9.17, 15) is 9.59 Å². The molecule has 1 aromatic heterocycles. The molecule has 0 spiro atoms. The van der Waals surface area contributed by atoms with Crippen LogP contribution in [0.2, 0.25) is 0 Å². The average molecular weight is 246 g/mol. The van der Waals surface area contributed by atoms with Crippen LogP contribution in [0.5, 0.6) is 0 Å². The number of hydrogen-bond acceptors (Lipinski definition) is 4. The topological polar surface area (TPSA) is 72.0 Å². The zero-order valence-electron chi connectivity index (χ0n) is 10.3. The molecule has 18 heavy (non-hydrogen) atoms. The van der Waals surface area contributed by atoms with Crippen LogP contribution in [0.15, 0.2) is 23.0 Å². The molecule has 0 saturated heterocycles. The third-order valence-corrected chi connectivity index (χ3v) is 2.54. The van der Waals surface area contributed by atoms with E-state index in [1.807, 2.05) is 19.1 Å². The lowest BCUT2D eigenvalue weighted by Crippen LogP contribution is -2.20. The summed E-state index contributed by atoms with van der Waals surface area (Å²) in [6.45, 7) is 3.96. The molecule has 0 aliphatic heterocycles. The number of aromatic nitrogens is 2. The predicted octanol–water partition coefficient (Wildman–Crippen LogP) is 1.34. The Morgan fingerprint density at radius 2 is 2.22 bits per heavy atom. The van der Waals surface area contributed by atoms with Crippen LogP contribution in [0.25, 0.3) is 11.0 Å². The maximum Gasteiger partial charge on any atom is 0.312 e. The Bertz CT molecular complexity index is 646. The van der Waals surface area contributed by atoms with E-state index in [0.29, 0.717) is 17.6 Å². The highest BCUT2D eigenvalue weighted by Crippen LogP contribution is 2.10. The second-order valence-electron chi connectivity index (χ2n) is 4.02. The lowest BCUT2D eigenvalue weighted by Gasteiger charge is -2.03. The van der Waals surface area contributed by atoms with Crippen molar-refractivity contribution < 1.29 is 9.53 Å². The van der Waals surface area contributed by atoms with Gasteiger partial charge in [0, 0.05) is 0 Å². The van der Waals surface area contributed by atoms with Crippen molar-refractivity contribution in [2.45, 2.75) is 20.3 Å². The number of aromatic amines is 1. The first-order chi connectivity index (χ1) is 8.60. The van der Waals surface area contributed by atoms with Crippen molar-refractivity contribution in [3.05, 3.63) is 39.8 Å². The highest BCUT2D eigenvalue weighted by Gasteiger charge is 2.10. The van der Waals surface area contributed by atoms with E-state index in [-0.39, 0.29) is 17.7 Å². The summed E-state index contributed by atoms with van der Waals surface area (Å²) < 4.78 is 4.80. The number of H-pyrrole nitrogens is 1. The normalized spacial score (nSPS) is 10.6. The second-order valence-corrected chi connectivity index (χ2v) is 4.02. The van der Waals surface area contributed by atoms with E-state index in [2.05, 4.69) is 9.97 Å². The van der Waals surface area contributed by atoms with E-state index in [1.54, 1.807) is 13.0 Å². The van der Waals surface area contributed by atoms with Crippen LogP contribution in [0.3, 0.4) is 0 Å². The number of hydrogen-bond donors (Lipinski definition) is 1. The number of carbonyl (C=O) groups is 1. The number of aryl methyl sites for hydroxylation is 1. The number of ether oxygens (including phenoxy) is 1. The average Bonchev–Trinajstić information content (AvgIpc) is 2.31. The molecule has 5 nitrogen and oxygen atoms in total. The number of benzene rings is 1. The van der Waals surface area contributed by atoms with Crippen molar-refractivity contribution in [3.63, 3.8) is 0 Å². The molecular weight excluding hydrogens is 232 g/mol. The Kier molecular flexibility index (Phi) is 3.41. The molecule has 0 saturated carbocycles. The molecular formula is C13H14N2O3. The van der Waals surface area contributed by atoms with Gasteiger partial charge in [0.1, 0.15) is 5.69 Å². The summed E-state index contributed by atoms with van der Waals surface area (Å²) in [7, 11) is 0. The molecule has 0 amide bonds. The van der Waals surface area contributed by atoms with E-state index in [1.165, 1.54) is 0 Å². The summed E-state index contributed by atoms with van der Waals surface area (Å²) in [5.41, 5.74) is 2.22. The quantitative estimate of drug-likeness (QED) is 0.829. The Morgan fingerprint density at radius 3 is 2.94 bits per heavy atom. The van der Waals surface area contributed by atoms with Crippen molar-refractivity contribution in [2.75, 3.05) is 6.61 Å². The van der Waals surface area contributed by atoms with Crippen LogP contribution in [-0.4, -0.2) is 22.5 Å². The number of carbonyl (C=O) groups excluding carboxylic acids is 1. The van der Waals surface area contributed by atoms with Gasteiger partial charge in [-0.15, -0.1) is 0 Å². The van der Waals surface area contributed by atoms with E-state index >= 15 is 0 Å². The van der Waals surface area contributed by atoms with Crippen LogP contribution in [0.4, 0.5) is 0 Å². The van der Waals surface area contributed by atoms with Crippen molar-refractivity contribution in [1.29, 1.82) is 0 Å². The van der Waals surface area contributed by atoms with Crippen molar-refractivity contribution in [3.8, 4) is 0 Å². The first-order valence-electron chi connectivity index (χ1n) is 5.75. The van der Waals surface area contributed by atoms with Crippen molar-refractivity contribution in [2.24, 2.45) is 0 Å². The van der Waals surface area contributed by atoms with Crippen LogP contribution in [-0.2, 0) is 16.0 Å². The minimum Gasteiger partial charge on any atom is -0.466 e. The summed E-state index contributed by atoms with van der Waals surface area (Å²) >= 11 is 0. The van der Waals surface area contributed by atoms with E-state index < -0.39 is 5.97 Å². The number of fused-ring (bicyclic) bond motifs is 1. The molecule has 0 unspecified atom stereocenters. The molecule has 0 aliphatic rings. The van der Waals surface area contributed by atoms with Crippen molar-refractivity contribution >= 4 is 17.0 Å². The second kappa shape index (κ2) is 5.00. The molecule has 0 bridgehead atoms. The monoisotopic (exact) mass is 246 g/mol. The van der Waals surface area contributed by atoms with Gasteiger partial charge in [0.25, 0.3) is 5.56 Å². The standard InChI is InChI=1S/C13H14N2O3/c1-3-18-12(16)7-11-13(17)15-9-5-4-8(2)6-10(9)14-11/h4-6H,3,7H2,1-2H3,(H,15,17). The molecule has 0 aliphatic carbocycles. The van der Waals surface area contributed by atoms with E-state index in [4.69, 9.17) is 4.74 Å². The highest BCUT2D eigenvalue weighted by molar-refractivity contribution is 5.76. The van der Waals surface area contributed by atoms with Crippen LogP contribution in [0.1, 0.15) is 18.2 Å². The number of nitrogens with one attached hydrogen (secondary N) is 1. The Balaban J connectivity index is 2.42. The van der Waals surface area contributed by atoms with Crippen LogP contribution in [0, 0.1) is 6.92 Å². The van der Waals surface area contributed by atoms with Gasteiger partial charge >= 0.3 is 5.97 Å². The summed E-state index contributed by atoms with van der Waals surface area (Å²) in [6.07, 6.45) is -0.104. The van der Waals surface area contributed by atoms with Gasteiger partial charge in [-0.1, -0.05) is 6.07 Å². The predicted molar refractivity (Wildman–Crippen MR) is 67.4 cm³/mol. The third kappa shape index (κ3) is 2.56. The minimum atomic E-state index is -0.442. The molecule has 1 N–H and O–H groups in total. The Hall–Kier alpha value is -2.17. The smallest absolute Gasteiger partial charge is 0.312 e. The zero-order chi connectivity index (χ0) is 13.1. The third-order valence-electron chi connectivity index (χ3n) is 2.54. The zero-order valence-corrected chi connectivity index (χ0v) is 10.3. The van der Waals surface area contributed by atoms with Crippen molar-refractivity contribution in [1.82, 2.24) is 9.97 Å². The molecule has 0 radical (unpaired) electrons. The first-order valence-corrected chi connectivity index (χ1v) is 5.75. The van der Waals surface area contributed by atoms with Crippen LogP contribution < -0.4 is 5.56 Å². The maximum absolute atomic E-state index is 11.7. The molecule has 2 rings (SSSR count). The fourth-order valence-corrected chi connectivity index (χ4v) is 1.70. The van der Waals surface area contributed by atoms with Gasteiger partial charge in [-0.05, 0) is 31.5 Å². The Morgan fingerprint density at radius 1 is 1.44 bits per heavy atom. The van der Waals surface area contributed by atoms with Crippen LogP contribution >= 0.6 is 0 Å². The van der Waals surface area contributed by atoms with Gasteiger partial charge < -0.3 is 9.72 Å². The van der Waals surface area contributed by atoms with Gasteiger partial charge in [0.2, 0.25) is 0 Å². The fourth-order valence-electron chi connectivity index (χ4n) is 1.70. The summed E-state index contributed by atoms with van der Waals surface area (Å²) in [4.78, 5) is 30.0. The molecule has 1 aromatic carbocycles. The summed E-state index contributed by atoms with van der Waals surface area (Å²) in [5, 5.41) is 0. The lowest BCUT2D eigenvalue weighted by atomic mass is 10.2. The number of esters is 1. The Labute approximate surface area is 104 Å². The minimum absolute atomic E-state index is 0.104.